The Kier molecular flexibility index (Phi) is 4.73. The van der Waals surface area contributed by atoms with Gasteiger partial charge in [-0.2, -0.15) is 0 Å². The molecule has 0 bridgehead atoms. The molecule has 172 valence electrons. The molecule has 34 heavy (non-hydrogen) atoms. The van der Waals surface area contributed by atoms with Gasteiger partial charge in [0.05, 0.1) is 41.3 Å². The van der Waals surface area contributed by atoms with Crippen LogP contribution in [0.2, 0.25) is 0 Å². The number of ether oxygens (including phenoxy) is 2. The molecule has 1 saturated heterocycles. The monoisotopic (exact) mass is 455 g/mol. The van der Waals surface area contributed by atoms with Crippen molar-refractivity contribution in [3.63, 3.8) is 0 Å². The summed E-state index contributed by atoms with van der Waals surface area (Å²) in [6.45, 7) is 2.17. The zero-order chi connectivity index (χ0) is 23.4. The lowest BCUT2D eigenvalue weighted by molar-refractivity contribution is -0.118. The van der Waals surface area contributed by atoms with E-state index in [0.29, 0.717) is 19.8 Å². The predicted molar refractivity (Wildman–Crippen MR) is 130 cm³/mol. The van der Waals surface area contributed by atoms with Gasteiger partial charge in [-0.25, -0.2) is 9.78 Å². The van der Waals surface area contributed by atoms with Gasteiger partial charge in [0.2, 0.25) is 0 Å². The Morgan fingerprint density at radius 3 is 2.68 bits per heavy atom. The van der Waals surface area contributed by atoms with E-state index < -0.39 is 5.54 Å². The van der Waals surface area contributed by atoms with Crippen LogP contribution in [0.15, 0.2) is 41.5 Å². The van der Waals surface area contributed by atoms with Crippen LogP contribution in [0.5, 0.6) is 5.75 Å². The number of rotatable bonds is 3. The third kappa shape index (κ3) is 3.05. The number of hydrogen-bond acceptors (Lipinski definition) is 6. The van der Waals surface area contributed by atoms with Gasteiger partial charge in [-0.05, 0) is 44.3 Å². The summed E-state index contributed by atoms with van der Waals surface area (Å²) in [6, 6.07) is 7.94. The summed E-state index contributed by atoms with van der Waals surface area (Å²) in [5.41, 5.74) is 4.43. The molecule has 8 heteroatoms. The molecular weight excluding hydrogens is 430 g/mol. The van der Waals surface area contributed by atoms with E-state index in [1.165, 1.54) is 0 Å². The number of pyridine rings is 2. The Balaban J connectivity index is 1.49. The SMILES string of the molecule is CN(C)CCC#Cc1ccc(-c2ccc3ncc4c5c3c2OCC2(COC2)n5c(=O)n4C)cn1. The van der Waals surface area contributed by atoms with Gasteiger partial charge in [-0.3, -0.25) is 14.1 Å². The molecule has 2 aliphatic rings. The fourth-order valence-corrected chi connectivity index (χ4v) is 4.75. The Morgan fingerprint density at radius 1 is 1.12 bits per heavy atom. The quantitative estimate of drug-likeness (QED) is 0.442. The highest BCUT2D eigenvalue weighted by molar-refractivity contribution is 6.09. The minimum atomic E-state index is -0.509. The van der Waals surface area contributed by atoms with Crippen LogP contribution in [-0.2, 0) is 17.3 Å². The van der Waals surface area contributed by atoms with Crippen molar-refractivity contribution in [2.24, 2.45) is 7.05 Å². The molecular formula is C26H25N5O3. The van der Waals surface area contributed by atoms with Crippen molar-refractivity contribution >= 4 is 21.9 Å². The van der Waals surface area contributed by atoms with E-state index in [9.17, 15) is 4.79 Å². The molecule has 0 atom stereocenters. The van der Waals surface area contributed by atoms with Gasteiger partial charge in [0.15, 0.2) is 0 Å². The smallest absolute Gasteiger partial charge is 0.329 e. The van der Waals surface area contributed by atoms with Crippen molar-refractivity contribution < 1.29 is 9.47 Å². The van der Waals surface area contributed by atoms with Crippen molar-refractivity contribution in [3.8, 4) is 28.7 Å². The van der Waals surface area contributed by atoms with Crippen LogP contribution < -0.4 is 10.4 Å². The van der Waals surface area contributed by atoms with Gasteiger partial charge in [-0.1, -0.05) is 5.92 Å². The minimum absolute atomic E-state index is 0.0756. The number of nitrogens with zero attached hydrogens (tertiary/aromatic N) is 5. The molecule has 6 rings (SSSR count). The maximum atomic E-state index is 13.3. The second-order valence-corrected chi connectivity index (χ2v) is 9.30. The largest absolute Gasteiger partial charge is 0.489 e. The topological polar surface area (TPSA) is 74.4 Å². The number of fused-ring (bicyclic) bond motifs is 1. The minimum Gasteiger partial charge on any atom is -0.489 e. The first-order valence-corrected chi connectivity index (χ1v) is 11.3. The fraction of sp³-hybridized carbons (Fsp3) is 0.346. The highest BCUT2D eigenvalue weighted by Gasteiger charge is 2.46. The van der Waals surface area contributed by atoms with Gasteiger partial charge in [0.1, 0.15) is 23.6 Å². The normalized spacial score (nSPS) is 15.9. The third-order valence-electron chi connectivity index (χ3n) is 6.68. The van der Waals surface area contributed by atoms with Crippen molar-refractivity contribution in [1.82, 2.24) is 24.0 Å². The highest BCUT2D eigenvalue weighted by Crippen LogP contribution is 2.44. The molecule has 0 amide bonds. The summed E-state index contributed by atoms with van der Waals surface area (Å²) >= 11 is 0. The molecule has 4 aromatic rings. The standard InChI is InChI=1S/C26H25N5O3/c1-29(2)11-5-4-6-18-8-7-17(12-27-18)19-9-10-20-22-23-21(13-28-20)30(3)25(32)31(23)26(14-33-15-26)16-34-24(19)22/h7-10,12-13H,5,11,14-16H2,1-3H3. The van der Waals surface area contributed by atoms with Crippen molar-refractivity contribution in [1.29, 1.82) is 0 Å². The van der Waals surface area contributed by atoms with E-state index in [4.69, 9.17) is 9.47 Å². The Morgan fingerprint density at radius 2 is 1.97 bits per heavy atom. The number of hydrogen-bond donors (Lipinski definition) is 0. The molecule has 2 aliphatic heterocycles. The van der Waals surface area contributed by atoms with Crippen LogP contribution in [0, 0.1) is 11.8 Å². The van der Waals surface area contributed by atoms with E-state index in [-0.39, 0.29) is 5.69 Å². The number of aromatic nitrogens is 4. The summed E-state index contributed by atoms with van der Waals surface area (Å²) in [5, 5.41) is 0.851. The first-order chi connectivity index (χ1) is 16.5. The lowest BCUT2D eigenvalue weighted by atomic mass is 9.98. The number of benzene rings is 1. The summed E-state index contributed by atoms with van der Waals surface area (Å²) in [6.07, 6.45) is 4.39. The average molecular weight is 456 g/mol. The molecule has 0 N–H and O–H groups in total. The Labute approximate surface area is 196 Å². The molecule has 5 heterocycles. The van der Waals surface area contributed by atoms with E-state index in [2.05, 4.69) is 26.7 Å². The Hall–Kier alpha value is -3.67. The lowest BCUT2D eigenvalue weighted by Gasteiger charge is -2.40. The van der Waals surface area contributed by atoms with E-state index in [0.717, 1.165) is 57.5 Å². The zero-order valence-electron chi connectivity index (χ0n) is 19.5. The van der Waals surface area contributed by atoms with Crippen LogP contribution >= 0.6 is 0 Å². The van der Waals surface area contributed by atoms with Crippen LogP contribution in [0.1, 0.15) is 12.1 Å². The van der Waals surface area contributed by atoms with Crippen LogP contribution in [-0.4, -0.2) is 64.5 Å². The molecule has 8 nitrogen and oxygen atoms in total. The molecule has 0 unspecified atom stereocenters. The van der Waals surface area contributed by atoms with Gasteiger partial charge < -0.3 is 14.4 Å². The van der Waals surface area contributed by atoms with Crippen LogP contribution in [0.25, 0.3) is 33.1 Å². The van der Waals surface area contributed by atoms with Gasteiger partial charge in [0, 0.05) is 37.3 Å². The first kappa shape index (κ1) is 20.9. The van der Waals surface area contributed by atoms with Gasteiger partial charge in [0.25, 0.3) is 0 Å². The zero-order valence-corrected chi connectivity index (χ0v) is 19.5. The van der Waals surface area contributed by atoms with Crippen molar-refractivity contribution in [2.45, 2.75) is 12.0 Å². The second-order valence-electron chi connectivity index (χ2n) is 9.30. The van der Waals surface area contributed by atoms with Gasteiger partial charge >= 0.3 is 5.69 Å². The summed E-state index contributed by atoms with van der Waals surface area (Å²) in [4.78, 5) is 24.6. The number of imidazole rings is 1. The molecule has 1 fully saturated rings. The van der Waals surface area contributed by atoms with E-state index >= 15 is 0 Å². The van der Waals surface area contributed by atoms with Gasteiger partial charge in [-0.15, -0.1) is 0 Å². The van der Waals surface area contributed by atoms with Crippen LogP contribution in [0.3, 0.4) is 0 Å². The highest BCUT2D eigenvalue weighted by atomic mass is 16.5. The van der Waals surface area contributed by atoms with Crippen molar-refractivity contribution in [3.05, 3.63) is 52.8 Å². The summed E-state index contributed by atoms with van der Waals surface area (Å²) < 4.78 is 15.5. The van der Waals surface area contributed by atoms with Crippen LogP contribution in [0.4, 0.5) is 0 Å². The summed E-state index contributed by atoms with van der Waals surface area (Å²) in [7, 11) is 5.86. The predicted octanol–water partition coefficient (Wildman–Crippen LogP) is 2.37. The third-order valence-corrected chi connectivity index (χ3v) is 6.68. The maximum Gasteiger partial charge on any atom is 0.329 e. The lowest BCUT2D eigenvalue weighted by Crippen LogP contribution is -2.58. The van der Waals surface area contributed by atoms with E-state index in [1.54, 1.807) is 17.8 Å². The van der Waals surface area contributed by atoms with Crippen molar-refractivity contribution in [2.75, 3.05) is 40.5 Å². The maximum absolute atomic E-state index is 13.3. The summed E-state index contributed by atoms with van der Waals surface area (Å²) in [5.74, 6) is 7.03. The molecule has 1 spiro atoms. The molecule has 0 aliphatic carbocycles. The molecule has 0 saturated carbocycles. The Bertz CT molecular complexity index is 1550. The molecule has 3 aromatic heterocycles. The fourth-order valence-electron chi connectivity index (χ4n) is 4.75. The number of aryl methyl sites for hydroxylation is 1. The molecule has 1 aromatic carbocycles. The van der Waals surface area contributed by atoms with E-state index in [1.807, 2.05) is 49.1 Å². The molecule has 0 radical (unpaired) electrons. The second kappa shape index (κ2) is 7.69. The average Bonchev–Trinajstić information content (AvgIpc) is 2.97. The first-order valence-electron chi connectivity index (χ1n) is 11.3.